The molecule has 1 amide bonds. The van der Waals surface area contributed by atoms with Crippen LogP contribution >= 0.6 is 0 Å². The summed E-state index contributed by atoms with van der Waals surface area (Å²) >= 11 is 0. The van der Waals surface area contributed by atoms with Crippen LogP contribution in [0.15, 0.2) is 12.4 Å². The molecule has 2 aliphatic heterocycles. The van der Waals surface area contributed by atoms with E-state index in [-0.39, 0.29) is 18.1 Å². The summed E-state index contributed by atoms with van der Waals surface area (Å²) in [5.41, 5.74) is 1.15. The first-order valence-corrected chi connectivity index (χ1v) is 9.74. The number of ether oxygens (including phenoxy) is 1. The van der Waals surface area contributed by atoms with Crippen LogP contribution in [-0.4, -0.2) is 52.9 Å². The number of nitrogens with one attached hydrogen (secondary N) is 1. The fourth-order valence-corrected chi connectivity index (χ4v) is 3.83. The number of hydrogen-bond acceptors (Lipinski definition) is 4. The van der Waals surface area contributed by atoms with Crippen LogP contribution in [0.4, 0.5) is 0 Å². The number of nitrogens with zero attached hydrogens (tertiary/aromatic N) is 3. The minimum Gasteiger partial charge on any atom is -0.373 e. The highest BCUT2D eigenvalue weighted by molar-refractivity contribution is 5.81. The molecule has 6 heteroatoms. The van der Waals surface area contributed by atoms with E-state index < -0.39 is 0 Å². The Balaban J connectivity index is 1.50. The fourth-order valence-electron chi connectivity index (χ4n) is 3.83. The summed E-state index contributed by atoms with van der Waals surface area (Å²) in [7, 11) is 0. The van der Waals surface area contributed by atoms with Gasteiger partial charge >= 0.3 is 0 Å². The summed E-state index contributed by atoms with van der Waals surface area (Å²) < 4.78 is 7.88. The SMILES string of the molecule is CCn1cc([C@@H]2OCC[C@H]2CN[C@H](C)C(=O)N2CCC(C)CC2)cn1. The van der Waals surface area contributed by atoms with E-state index in [1.165, 1.54) is 0 Å². The number of amides is 1. The van der Waals surface area contributed by atoms with Crippen molar-refractivity contribution in [2.45, 2.75) is 58.7 Å². The fraction of sp³-hybridized carbons (Fsp3) is 0.789. The summed E-state index contributed by atoms with van der Waals surface area (Å²) in [6.07, 6.45) is 7.35. The molecule has 3 atom stereocenters. The van der Waals surface area contributed by atoms with Gasteiger partial charge in [-0.1, -0.05) is 6.92 Å². The van der Waals surface area contributed by atoms with E-state index in [1.54, 1.807) is 0 Å². The lowest BCUT2D eigenvalue weighted by atomic mass is 9.96. The molecule has 140 valence electrons. The molecule has 25 heavy (non-hydrogen) atoms. The lowest BCUT2D eigenvalue weighted by Gasteiger charge is -2.32. The van der Waals surface area contributed by atoms with Crippen LogP contribution in [-0.2, 0) is 16.1 Å². The van der Waals surface area contributed by atoms with Crippen LogP contribution in [0.3, 0.4) is 0 Å². The minimum absolute atomic E-state index is 0.0888. The van der Waals surface area contributed by atoms with Crippen molar-refractivity contribution in [1.29, 1.82) is 0 Å². The number of rotatable bonds is 6. The predicted octanol–water partition coefficient (Wildman–Crippen LogP) is 2.22. The first kappa shape index (κ1) is 18.4. The van der Waals surface area contributed by atoms with Crippen LogP contribution in [0.25, 0.3) is 0 Å². The van der Waals surface area contributed by atoms with E-state index in [0.717, 1.165) is 63.5 Å². The van der Waals surface area contributed by atoms with Gasteiger partial charge < -0.3 is 15.0 Å². The third-order valence-corrected chi connectivity index (χ3v) is 5.67. The maximum absolute atomic E-state index is 12.6. The van der Waals surface area contributed by atoms with E-state index in [9.17, 15) is 4.79 Å². The second kappa shape index (κ2) is 8.32. The molecule has 1 aromatic heterocycles. The molecule has 6 nitrogen and oxygen atoms in total. The maximum Gasteiger partial charge on any atom is 0.239 e. The largest absolute Gasteiger partial charge is 0.373 e. The number of carbonyl (C=O) groups excluding carboxylic acids is 1. The van der Waals surface area contributed by atoms with Crippen molar-refractivity contribution >= 4 is 5.91 Å². The summed E-state index contributed by atoms with van der Waals surface area (Å²) in [6.45, 7) is 10.6. The molecular formula is C19H32N4O2. The van der Waals surface area contributed by atoms with Gasteiger partial charge in [0.2, 0.25) is 5.91 Å². The van der Waals surface area contributed by atoms with E-state index in [0.29, 0.717) is 5.92 Å². The Labute approximate surface area is 150 Å². The zero-order chi connectivity index (χ0) is 17.8. The highest BCUT2D eigenvalue weighted by atomic mass is 16.5. The second-order valence-electron chi connectivity index (χ2n) is 7.61. The molecule has 3 heterocycles. The van der Waals surface area contributed by atoms with E-state index >= 15 is 0 Å². The molecule has 2 saturated heterocycles. The topological polar surface area (TPSA) is 59.4 Å². The van der Waals surface area contributed by atoms with E-state index in [1.807, 2.05) is 22.7 Å². The summed E-state index contributed by atoms with van der Waals surface area (Å²) in [5.74, 6) is 1.38. The first-order chi connectivity index (χ1) is 12.1. The van der Waals surface area contributed by atoms with Crippen LogP contribution in [0.1, 0.15) is 51.7 Å². The van der Waals surface area contributed by atoms with Crippen molar-refractivity contribution < 1.29 is 9.53 Å². The van der Waals surface area contributed by atoms with Crippen LogP contribution in [0.5, 0.6) is 0 Å². The maximum atomic E-state index is 12.6. The van der Waals surface area contributed by atoms with Crippen LogP contribution in [0, 0.1) is 11.8 Å². The van der Waals surface area contributed by atoms with Gasteiger partial charge in [0, 0.05) is 50.5 Å². The van der Waals surface area contributed by atoms with Crippen molar-refractivity contribution in [3.05, 3.63) is 18.0 Å². The van der Waals surface area contributed by atoms with Gasteiger partial charge in [-0.15, -0.1) is 0 Å². The molecule has 0 bridgehead atoms. The Morgan fingerprint density at radius 2 is 2.16 bits per heavy atom. The normalized spacial score (nSPS) is 26.1. The Morgan fingerprint density at radius 1 is 1.40 bits per heavy atom. The smallest absolute Gasteiger partial charge is 0.239 e. The van der Waals surface area contributed by atoms with Crippen LogP contribution < -0.4 is 5.32 Å². The van der Waals surface area contributed by atoms with E-state index in [2.05, 4.69) is 30.5 Å². The highest BCUT2D eigenvalue weighted by Crippen LogP contribution is 2.34. The zero-order valence-corrected chi connectivity index (χ0v) is 15.8. The molecule has 0 spiro atoms. The van der Waals surface area contributed by atoms with Gasteiger partial charge in [-0.05, 0) is 39.0 Å². The van der Waals surface area contributed by atoms with Crippen molar-refractivity contribution in [2.75, 3.05) is 26.2 Å². The van der Waals surface area contributed by atoms with Crippen molar-refractivity contribution in [2.24, 2.45) is 11.8 Å². The van der Waals surface area contributed by atoms with E-state index in [4.69, 9.17) is 4.74 Å². The standard InChI is InChI=1S/C19H32N4O2/c1-4-23-13-17(12-21-23)18-16(7-10-25-18)11-20-15(3)19(24)22-8-5-14(2)6-9-22/h12-16,18,20H,4-11H2,1-3H3/t15-,16+,18-/m1/s1. The monoisotopic (exact) mass is 348 g/mol. The Hall–Kier alpha value is -1.40. The molecule has 0 saturated carbocycles. The molecular weight excluding hydrogens is 316 g/mol. The quantitative estimate of drug-likeness (QED) is 0.856. The van der Waals surface area contributed by atoms with Crippen molar-refractivity contribution in [1.82, 2.24) is 20.0 Å². The number of piperidine rings is 1. The van der Waals surface area contributed by atoms with Crippen molar-refractivity contribution in [3.8, 4) is 0 Å². The molecule has 1 aromatic rings. The highest BCUT2D eigenvalue weighted by Gasteiger charge is 2.32. The van der Waals surface area contributed by atoms with Gasteiger partial charge in [0.1, 0.15) is 0 Å². The summed E-state index contributed by atoms with van der Waals surface area (Å²) in [6, 6.07) is -0.131. The summed E-state index contributed by atoms with van der Waals surface area (Å²) in [5, 5.41) is 7.81. The van der Waals surface area contributed by atoms with Crippen molar-refractivity contribution in [3.63, 3.8) is 0 Å². The zero-order valence-electron chi connectivity index (χ0n) is 15.8. The van der Waals surface area contributed by atoms with Gasteiger partial charge in [0.25, 0.3) is 0 Å². The predicted molar refractivity (Wildman–Crippen MR) is 97.1 cm³/mol. The molecule has 1 N–H and O–H groups in total. The summed E-state index contributed by atoms with van der Waals surface area (Å²) in [4.78, 5) is 14.6. The Morgan fingerprint density at radius 3 is 2.84 bits per heavy atom. The Kier molecular flexibility index (Phi) is 6.12. The number of aromatic nitrogens is 2. The third-order valence-electron chi connectivity index (χ3n) is 5.67. The molecule has 2 fully saturated rings. The molecule has 2 aliphatic rings. The van der Waals surface area contributed by atoms with Gasteiger partial charge in [-0.2, -0.15) is 5.10 Å². The van der Waals surface area contributed by atoms with Crippen LogP contribution in [0.2, 0.25) is 0 Å². The minimum atomic E-state index is -0.131. The molecule has 0 radical (unpaired) electrons. The molecule has 3 rings (SSSR count). The molecule has 0 aliphatic carbocycles. The number of hydrogen-bond donors (Lipinski definition) is 1. The average Bonchev–Trinajstić information content (AvgIpc) is 3.28. The number of carbonyl (C=O) groups is 1. The third kappa shape index (κ3) is 4.42. The Bertz CT molecular complexity index is 566. The molecule has 0 aromatic carbocycles. The second-order valence-corrected chi connectivity index (χ2v) is 7.61. The van der Waals surface area contributed by atoms with Gasteiger partial charge in [0.15, 0.2) is 0 Å². The van der Waals surface area contributed by atoms with Gasteiger partial charge in [0.05, 0.1) is 18.3 Å². The van der Waals surface area contributed by atoms with Gasteiger partial charge in [-0.3, -0.25) is 9.48 Å². The number of aryl methyl sites for hydroxylation is 1. The first-order valence-electron chi connectivity index (χ1n) is 9.74. The molecule has 0 unspecified atom stereocenters. The average molecular weight is 348 g/mol. The van der Waals surface area contributed by atoms with Gasteiger partial charge in [-0.25, -0.2) is 0 Å². The lowest BCUT2D eigenvalue weighted by molar-refractivity contribution is -0.134. The number of likely N-dealkylation sites (tertiary alicyclic amines) is 1. The lowest BCUT2D eigenvalue weighted by Crippen LogP contribution is -2.48.